The fraction of sp³-hybridized carbons (Fsp3) is 0.900. The van der Waals surface area contributed by atoms with Gasteiger partial charge >= 0.3 is 0 Å². The molecule has 1 saturated heterocycles. The predicted molar refractivity (Wildman–Crippen MR) is 108 cm³/mol. The van der Waals surface area contributed by atoms with Crippen molar-refractivity contribution in [2.24, 2.45) is 16.8 Å². The molecule has 0 atom stereocenters. The highest BCUT2D eigenvalue weighted by Gasteiger charge is 2.29. The van der Waals surface area contributed by atoms with Gasteiger partial charge in [0.1, 0.15) is 0 Å². The van der Waals surface area contributed by atoms with Gasteiger partial charge in [-0.1, -0.05) is 26.7 Å². The van der Waals surface area contributed by atoms with Gasteiger partial charge in [0.2, 0.25) is 5.91 Å². The normalized spacial score (nSPS) is 20.0. The summed E-state index contributed by atoms with van der Waals surface area (Å²) < 4.78 is 0. The minimum Gasteiger partial charge on any atom is -0.357 e. The Hall–Kier alpha value is -1.30. The molecule has 0 unspecified atom stereocenters. The molecule has 1 aliphatic carbocycles. The molecule has 26 heavy (non-hydrogen) atoms. The molecule has 1 aliphatic heterocycles. The number of piperazine rings is 1. The fourth-order valence-electron chi connectivity index (χ4n) is 3.73. The number of nitrogens with one attached hydrogen (secondary N) is 2. The first-order valence-electron chi connectivity index (χ1n) is 10.6. The fourth-order valence-corrected chi connectivity index (χ4v) is 3.73. The van der Waals surface area contributed by atoms with Crippen LogP contribution in [0.2, 0.25) is 0 Å². The van der Waals surface area contributed by atoms with E-state index in [1.807, 2.05) is 0 Å². The highest BCUT2D eigenvalue weighted by molar-refractivity contribution is 5.80. The number of amides is 1. The van der Waals surface area contributed by atoms with Crippen molar-refractivity contribution in [3.05, 3.63) is 0 Å². The summed E-state index contributed by atoms with van der Waals surface area (Å²) in [4.78, 5) is 21.7. The molecular weight excluding hydrogens is 326 g/mol. The minimum absolute atomic E-state index is 0.313. The van der Waals surface area contributed by atoms with E-state index in [0.29, 0.717) is 17.7 Å². The molecule has 1 heterocycles. The molecule has 2 N–H and O–H groups in total. The summed E-state index contributed by atoms with van der Waals surface area (Å²) in [7, 11) is 0. The largest absolute Gasteiger partial charge is 0.357 e. The maximum atomic E-state index is 12.5. The lowest BCUT2D eigenvalue weighted by atomic mass is 10.1. The summed E-state index contributed by atoms with van der Waals surface area (Å²) in [6, 6.07) is 0. The van der Waals surface area contributed by atoms with Crippen LogP contribution in [-0.4, -0.2) is 74.0 Å². The van der Waals surface area contributed by atoms with Crippen LogP contribution in [-0.2, 0) is 4.79 Å². The Morgan fingerprint density at radius 1 is 1.12 bits per heavy atom. The third-order valence-corrected chi connectivity index (χ3v) is 5.43. The first kappa shape index (κ1) is 21.0. The lowest BCUT2D eigenvalue weighted by Gasteiger charge is -2.36. The molecule has 0 aromatic heterocycles. The maximum Gasteiger partial charge on any atom is 0.225 e. The average molecular weight is 366 g/mol. The molecular formula is C20H39N5O. The number of carbonyl (C=O) groups is 1. The van der Waals surface area contributed by atoms with Gasteiger partial charge in [-0.15, -0.1) is 0 Å². The molecule has 0 bridgehead atoms. The molecule has 6 heteroatoms. The number of carbonyl (C=O) groups excluding carboxylic acids is 1. The minimum atomic E-state index is 0.313. The number of rotatable bonds is 8. The monoisotopic (exact) mass is 365 g/mol. The van der Waals surface area contributed by atoms with Gasteiger partial charge in [-0.25, -0.2) is 0 Å². The highest BCUT2D eigenvalue weighted by Crippen LogP contribution is 2.26. The van der Waals surface area contributed by atoms with E-state index in [2.05, 4.69) is 46.2 Å². The molecule has 0 radical (unpaired) electrons. The second kappa shape index (κ2) is 11.4. The topological polar surface area (TPSA) is 60.0 Å². The Kier molecular flexibility index (Phi) is 9.23. The summed E-state index contributed by atoms with van der Waals surface area (Å²) in [5.74, 6) is 2.33. The van der Waals surface area contributed by atoms with Crippen LogP contribution in [0.5, 0.6) is 0 Å². The van der Waals surface area contributed by atoms with Crippen molar-refractivity contribution < 1.29 is 4.79 Å². The zero-order valence-electron chi connectivity index (χ0n) is 17.1. The second-order valence-electron chi connectivity index (χ2n) is 8.02. The quantitative estimate of drug-likeness (QED) is 0.510. The number of aliphatic imine (C=N–C) groups is 1. The van der Waals surface area contributed by atoms with E-state index in [4.69, 9.17) is 0 Å². The third-order valence-electron chi connectivity index (χ3n) is 5.43. The van der Waals surface area contributed by atoms with Gasteiger partial charge in [-0.3, -0.25) is 14.7 Å². The van der Waals surface area contributed by atoms with E-state index in [-0.39, 0.29) is 0 Å². The Bertz CT molecular complexity index is 437. The van der Waals surface area contributed by atoms with E-state index in [1.165, 1.54) is 12.8 Å². The maximum absolute atomic E-state index is 12.5. The van der Waals surface area contributed by atoms with Crippen LogP contribution >= 0.6 is 0 Å². The summed E-state index contributed by atoms with van der Waals surface area (Å²) in [5.41, 5.74) is 0. The van der Waals surface area contributed by atoms with Gasteiger partial charge in [0.05, 0.1) is 0 Å². The summed E-state index contributed by atoms with van der Waals surface area (Å²) in [5, 5.41) is 6.75. The molecule has 0 aromatic carbocycles. The summed E-state index contributed by atoms with van der Waals surface area (Å²) in [6.45, 7) is 14.0. The Morgan fingerprint density at radius 3 is 2.42 bits per heavy atom. The van der Waals surface area contributed by atoms with Gasteiger partial charge in [-0.2, -0.15) is 0 Å². The van der Waals surface area contributed by atoms with Crippen LogP contribution in [0.25, 0.3) is 0 Å². The SMILES string of the molecule is CCNC(=NCCC(C)C)NCCN1CCN(C(=O)C2CCCC2)CC1. The van der Waals surface area contributed by atoms with Crippen molar-refractivity contribution in [3.8, 4) is 0 Å². The number of hydrogen-bond acceptors (Lipinski definition) is 3. The molecule has 0 aromatic rings. The lowest BCUT2D eigenvalue weighted by Crippen LogP contribution is -2.51. The van der Waals surface area contributed by atoms with E-state index < -0.39 is 0 Å². The van der Waals surface area contributed by atoms with Crippen LogP contribution in [0.1, 0.15) is 52.9 Å². The Labute approximate surface area is 159 Å². The Balaban J connectivity index is 1.64. The van der Waals surface area contributed by atoms with Crippen molar-refractivity contribution in [2.45, 2.75) is 52.9 Å². The second-order valence-corrected chi connectivity index (χ2v) is 8.02. The van der Waals surface area contributed by atoms with Crippen molar-refractivity contribution >= 4 is 11.9 Å². The van der Waals surface area contributed by atoms with Crippen LogP contribution in [0.4, 0.5) is 0 Å². The van der Waals surface area contributed by atoms with Gasteiger partial charge in [0.15, 0.2) is 5.96 Å². The molecule has 1 amide bonds. The van der Waals surface area contributed by atoms with Crippen LogP contribution in [0, 0.1) is 11.8 Å². The molecule has 6 nitrogen and oxygen atoms in total. The van der Waals surface area contributed by atoms with Crippen LogP contribution in [0.15, 0.2) is 4.99 Å². The first-order valence-corrected chi connectivity index (χ1v) is 10.6. The number of nitrogens with zero attached hydrogens (tertiary/aromatic N) is 3. The summed E-state index contributed by atoms with van der Waals surface area (Å²) >= 11 is 0. The van der Waals surface area contributed by atoms with E-state index in [1.54, 1.807) is 0 Å². The van der Waals surface area contributed by atoms with E-state index in [0.717, 1.165) is 77.6 Å². The van der Waals surface area contributed by atoms with E-state index >= 15 is 0 Å². The van der Waals surface area contributed by atoms with Crippen LogP contribution in [0.3, 0.4) is 0 Å². The van der Waals surface area contributed by atoms with Crippen LogP contribution < -0.4 is 10.6 Å². The first-order chi connectivity index (χ1) is 12.6. The van der Waals surface area contributed by atoms with Crippen molar-refractivity contribution in [3.63, 3.8) is 0 Å². The predicted octanol–water partition coefficient (Wildman–Crippen LogP) is 1.92. The van der Waals surface area contributed by atoms with Gasteiger partial charge in [0, 0.05) is 58.3 Å². The highest BCUT2D eigenvalue weighted by atomic mass is 16.2. The molecule has 0 spiro atoms. The molecule has 2 fully saturated rings. The number of guanidine groups is 1. The average Bonchev–Trinajstić information content (AvgIpc) is 3.16. The zero-order valence-corrected chi connectivity index (χ0v) is 17.1. The number of hydrogen-bond donors (Lipinski definition) is 2. The van der Waals surface area contributed by atoms with Crippen molar-refractivity contribution in [1.82, 2.24) is 20.4 Å². The zero-order chi connectivity index (χ0) is 18.8. The molecule has 150 valence electrons. The smallest absolute Gasteiger partial charge is 0.225 e. The van der Waals surface area contributed by atoms with Gasteiger partial charge in [-0.05, 0) is 32.1 Å². The standard InChI is InChI=1S/C20H39N5O/c1-4-21-20(22-10-9-17(2)3)23-11-12-24-13-15-25(16-14-24)19(26)18-7-5-6-8-18/h17-18H,4-16H2,1-3H3,(H2,21,22,23). The molecule has 2 aliphatic rings. The lowest BCUT2D eigenvalue weighted by molar-refractivity contribution is -0.137. The van der Waals surface area contributed by atoms with Crippen molar-refractivity contribution in [2.75, 3.05) is 52.4 Å². The Morgan fingerprint density at radius 2 is 1.81 bits per heavy atom. The summed E-state index contributed by atoms with van der Waals surface area (Å²) in [6.07, 6.45) is 5.79. The van der Waals surface area contributed by atoms with Gasteiger partial charge < -0.3 is 15.5 Å². The van der Waals surface area contributed by atoms with E-state index in [9.17, 15) is 4.79 Å². The molecule has 1 saturated carbocycles. The van der Waals surface area contributed by atoms with Crippen molar-refractivity contribution in [1.29, 1.82) is 0 Å². The third kappa shape index (κ3) is 7.14. The molecule has 2 rings (SSSR count). The van der Waals surface area contributed by atoms with Gasteiger partial charge in [0.25, 0.3) is 0 Å².